The van der Waals surface area contributed by atoms with Crippen molar-refractivity contribution in [1.82, 2.24) is 47.3 Å². The highest BCUT2D eigenvalue weighted by atomic mass is 35.5. The fourth-order valence-corrected chi connectivity index (χ4v) is 17.6. The van der Waals surface area contributed by atoms with E-state index in [0.29, 0.717) is 24.7 Å². The number of carboxylic acids is 1. The molecule has 11 bridgehead atoms. The monoisotopic (exact) mass is 1910 g/mol. The van der Waals surface area contributed by atoms with Crippen molar-refractivity contribution in [2.24, 2.45) is 17.4 Å². The Bertz CT molecular complexity index is 5620. The second-order valence-electron chi connectivity index (χ2n) is 34.4. The molecule has 0 saturated carbocycles. The van der Waals surface area contributed by atoms with E-state index < -0.39 is 231 Å². The van der Waals surface area contributed by atoms with Gasteiger partial charge in [-0.3, -0.25) is 38.9 Å². The number of nitrogens with one attached hydrogen (secondary N) is 10. The summed E-state index contributed by atoms with van der Waals surface area (Å²) < 4.78 is 87.0. The summed E-state index contributed by atoms with van der Waals surface area (Å²) in [6.45, 7) is 12.7. The lowest BCUT2D eigenvalue weighted by Crippen LogP contribution is -2.64. The molecule has 7 aromatic rings. The van der Waals surface area contributed by atoms with Crippen LogP contribution < -0.4 is 92.5 Å². The molecule has 2 fully saturated rings. The number of carboxylic acid groups (broad SMARTS) is 1. The summed E-state index contributed by atoms with van der Waals surface area (Å²) >= 11 is 7.26. The molecule has 7 heterocycles. The van der Waals surface area contributed by atoms with Crippen LogP contribution in [0.1, 0.15) is 168 Å². The highest BCUT2D eigenvalue weighted by molar-refractivity contribution is 7.89. The number of ether oxygens (including phenoxy) is 9. The Morgan fingerprint density at radius 1 is 0.696 bits per heavy atom. The summed E-state index contributed by atoms with van der Waals surface area (Å²) in [7, 11) is -2.69. The highest BCUT2D eigenvalue weighted by Gasteiger charge is 2.52. The van der Waals surface area contributed by atoms with E-state index in [0.717, 1.165) is 80.6 Å². The second-order valence-corrected chi connectivity index (χ2v) is 36.6. The van der Waals surface area contributed by atoms with Crippen molar-refractivity contribution < 1.29 is 135 Å². The summed E-state index contributed by atoms with van der Waals surface area (Å²) in [4.78, 5) is 136. The van der Waals surface area contributed by atoms with Gasteiger partial charge in [0, 0.05) is 48.4 Å². The molecule has 0 spiro atoms. The first-order valence-electron chi connectivity index (χ1n) is 44.2. The number of sulfonamides is 1. The molecule has 2 saturated heterocycles. The van der Waals surface area contributed by atoms with Crippen LogP contribution in [0.2, 0.25) is 5.02 Å². The van der Waals surface area contributed by atoms with Crippen LogP contribution >= 0.6 is 11.6 Å². The normalized spacial score (nSPS) is 25.0. The third kappa shape index (κ3) is 24.5. The lowest BCUT2D eigenvalue weighted by molar-refractivity contribution is -0.333. The van der Waals surface area contributed by atoms with E-state index >= 15 is 24.0 Å². The van der Waals surface area contributed by atoms with Crippen LogP contribution in [0.25, 0.3) is 11.1 Å². The zero-order valence-corrected chi connectivity index (χ0v) is 77.1. The van der Waals surface area contributed by atoms with E-state index in [1.54, 1.807) is 12.1 Å². The van der Waals surface area contributed by atoms with Gasteiger partial charge in [-0.15, -0.1) is 0 Å². The molecule has 14 rings (SSSR count). The van der Waals surface area contributed by atoms with Crippen molar-refractivity contribution >= 4 is 80.7 Å². The SMILES string of the molecule is CCCCCOc1ccc(S(=O)(=O)NCCNCc2c(OC(=O)Nc3ccc(OCCCC)cc3)cc3c(c2C)-c2cc(ccc2O)[C@H]2NC(=O)[C@@H]4NC(=O)[C@H](CC(N)=O)NC(=O)[C@H](NC(=O)[C@@H](CC(C)C)NC)[C@H](O)c5ccc(c(C)c5)Oc5cc4cc(c5O[C@@H]4O[C@H](CO)[C@@H](O)[C@H](O)[C@H]4O[C@H]4C[C@](C)(N)[C@H](O)[C@H](C)O4)Oc4ccc(cc4Cl)[C@@H](O)[C@H](NC2=O)C(=O)N[C@@H]3C(=O)O)cc1. The predicted octanol–water partition coefficient (Wildman–Crippen LogP) is 5.09. The Morgan fingerprint density at radius 3 is 1.96 bits per heavy atom. The van der Waals surface area contributed by atoms with E-state index in [1.807, 2.05) is 27.7 Å². The number of hydrogen-bond donors (Lipinski definition) is 20. The molecule has 7 aromatic carbocycles. The number of hydrogen-bond acceptors (Lipinski definition) is 30. The zero-order valence-electron chi connectivity index (χ0n) is 75.5. The molecule has 135 heavy (non-hydrogen) atoms. The Labute approximate surface area is 782 Å². The number of aromatic hydroxyl groups is 1. The number of benzene rings is 7. The molecule has 40 nitrogen and oxygen atoms in total. The number of aryl methyl sites for hydroxylation is 1. The summed E-state index contributed by atoms with van der Waals surface area (Å²) in [6, 6.07) is 11.5. The second kappa shape index (κ2) is 44.7. The van der Waals surface area contributed by atoms with Crippen LogP contribution in [0.4, 0.5) is 10.5 Å². The number of phenolic OH excluding ortho intramolecular Hbond substituents is 1. The van der Waals surface area contributed by atoms with Gasteiger partial charge in [-0.1, -0.05) is 76.8 Å². The van der Waals surface area contributed by atoms with Crippen LogP contribution in [0.15, 0.2) is 126 Å². The molecule has 42 heteroatoms. The average Bonchev–Trinajstić information content (AvgIpc) is 0.748. The minimum absolute atomic E-state index is 0.0184. The number of carbonyl (C=O) groups is 9. The van der Waals surface area contributed by atoms with E-state index in [9.17, 15) is 68.4 Å². The van der Waals surface area contributed by atoms with E-state index in [4.69, 9.17) is 65.7 Å². The summed E-state index contributed by atoms with van der Waals surface area (Å²) in [5.41, 5.74) is 9.21. The third-order valence-corrected chi connectivity index (χ3v) is 25.5. The number of anilines is 1. The van der Waals surface area contributed by atoms with Crippen molar-refractivity contribution in [3.63, 3.8) is 0 Å². The quantitative estimate of drug-likeness (QED) is 0.0252. The standard InChI is InChI=1S/C93H115ClN12O28S/c1-10-12-14-32-127-54-22-24-55(25-23-54)135(124,125)99-30-29-98-42-58-46(6)71-56-35-48(15-26-62(56)108)72-86(117)106-76(89(120)104-74(90(121)122)57(71)39-65(58)132-92(123)100-52-18-20-53(21-19-52)126-31-13-11-2)78(111)50-17-28-64(59(94)36-50)130-67-38-51-37-66(81(67)134-91-82(80(113)79(112)68(43-107)131-91)133-70-41-93(8,96)83(114)47(7)128-70)129-63-27-16-49(34-45(63)5)77(110)75(105-84(115)60(97-9)33-44(3)4)88(119)101-61(40-69(95)109)85(116)102-73(51)87(118)103-72/h15-28,34-39,44,47,60-61,68,70,72-80,82-83,91,97-99,107-108,110-114H,10-14,29-33,40-43,96H2,1-9H3,(H2,95,109)(H,100,123)(H,101,119)(H,102,116)(H,103,118)(H,104,120)(H,105,115)(H,106,117)(H,121,122)/t47-,60+,61-,68+,70-,72+,73+,74-,75+,76-,77+,78+,79+,80-,82+,83+,91-,93-/m0/s1. The number of aliphatic hydroxyl groups excluding tert-OH is 6. The van der Waals surface area contributed by atoms with Crippen molar-refractivity contribution in [2.75, 3.05) is 45.3 Å². The number of likely N-dealkylation sites (N-methyl/N-ethyl adjacent to an activating group) is 1. The zero-order chi connectivity index (χ0) is 97.8. The van der Waals surface area contributed by atoms with Crippen LogP contribution in [-0.4, -0.2) is 222 Å². The largest absolute Gasteiger partial charge is 0.507 e. The Hall–Kier alpha value is -11.9. The molecular formula is C93H115ClN12O28S. The molecule has 7 aliphatic heterocycles. The van der Waals surface area contributed by atoms with E-state index in [1.165, 1.54) is 95.4 Å². The van der Waals surface area contributed by atoms with Crippen molar-refractivity contribution in [3.05, 3.63) is 171 Å². The molecular weight excluding hydrogens is 1800 g/mol. The first kappa shape index (κ1) is 102. The van der Waals surface area contributed by atoms with Crippen molar-refractivity contribution in [3.8, 4) is 62.9 Å². The minimum Gasteiger partial charge on any atom is -0.507 e. The molecule has 728 valence electrons. The van der Waals surface area contributed by atoms with Gasteiger partial charge in [0.15, 0.2) is 29.9 Å². The Kier molecular flexibility index (Phi) is 33.8. The van der Waals surface area contributed by atoms with Gasteiger partial charge in [0.2, 0.25) is 63.4 Å². The molecule has 0 unspecified atom stereocenters. The van der Waals surface area contributed by atoms with Crippen LogP contribution in [0.5, 0.6) is 51.7 Å². The number of amides is 8. The van der Waals surface area contributed by atoms with Gasteiger partial charge in [-0.25, -0.2) is 22.7 Å². The number of unbranched alkanes of at least 4 members (excludes halogenated alkanes) is 3. The van der Waals surface area contributed by atoms with Gasteiger partial charge in [0.25, 0.3) is 0 Å². The molecule has 18 atom stereocenters. The summed E-state index contributed by atoms with van der Waals surface area (Å²) in [6.07, 6.45) is -15.6. The molecule has 7 aliphatic rings. The van der Waals surface area contributed by atoms with Crippen molar-refractivity contribution in [2.45, 2.75) is 227 Å². The number of carbonyl (C=O) groups excluding carboxylic acids is 8. The predicted molar refractivity (Wildman–Crippen MR) is 485 cm³/mol. The van der Waals surface area contributed by atoms with E-state index in [-0.39, 0.29) is 105 Å². The average molecular weight is 1920 g/mol. The van der Waals surface area contributed by atoms with Gasteiger partial charge < -0.3 is 137 Å². The molecule has 0 aliphatic carbocycles. The number of rotatable bonds is 31. The maximum atomic E-state index is 16.7. The summed E-state index contributed by atoms with van der Waals surface area (Å²) in [5, 5.41) is 119. The number of halogens is 1. The number of primary amides is 1. The number of phenols is 1. The van der Waals surface area contributed by atoms with Gasteiger partial charge in [0.05, 0.1) is 54.4 Å². The topological polar surface area (TPSA) is 605 Å². The highest BCUT2D eigenvalue weighted by Crippen LogP contribution is 2.50. The van der Waals surface area contributed by atoms with E-state index in [2.05, 4.69) is 52.6 Å². The smallest absolute Gasteiger partial charge is 0.417 e. The first-order chi connectivity index (χ1) is 64.2. The maximum Gasteiger partial charge on any atom is 0.417 e. The van der Waals surface area contributed by atoms with Gasteiger partial charge in [0.1, 0.15) is 95.2 Å². The molecule has 22 N–H and O–H groups in total. The fraction of sp³-hybridized carbons (Fsp3) is 0.452. The Balaban J connectivity index is 1.05. The number of aliphatic carboxylic acids is 1. The third-order valence-electron chi connectivity index (χ3n) is 23.7. The van der Waals surface area contributed by atoms with Gasteiger partial charge in [-0.2, -0.15) is 0 Å². The first-order valence-corrected chi connectivity index (χ1v) is 46.1. The Morgan fingerprint density at radius 2 is 1.33 bits per heavy atom. The fourth-order valence-electron chi connectivity index (χ4n) is 16.3. The van der Waals surface area contributed by atoms with Gasteiger partial charge in [-0.05, 0) is 208 Å². The van der Waals surface area contributed by atoms with Gasteiger partial charge >= 0.3 is 12.1 Å². The van der Waals surface area contributed by atoms with Crippen LogP contribution in [0, 0.1) is 19.8 Å². The minimum atomic E-state index is -4.18. The van der Waals surface area contributed by atoms with Crippen LogP contribution in [0.3, 0.4) is 0 Å². The molecule has 0 radical (unpaired) electrons. The number of fused-ring (bicyclic) bond motifs is 15. The number of nitrogens with two attached hydrogens (primary N) is 2. The maximum absolute atomic E-state index is 16.7. The lowest BCUT2D eigenvalue weighted by Gasteiger charge is -2.47. The summed E-state index contributed by atoms with van der Waals surface area (Å²) in [5.74, 6) is -13.5. The van der Waals surface area contributed by atoms with Crippen LogP contribution in [-0.2, 0) is 69.1 Å². The van der Waals surface area contributed by atoms with Crippen molar-refractivity contribution in [1.29, 1.82) is 0 Å². The molecule has 0 aromatic heterocycles. The number of aliphatic hydroxyl groups is 6. The lowest BCUT2D eigenvalue weighted by atomic mass is 9.85. The molecule has 8 amide bonds.